The maximum atomic E-state index is 14.0. The van der Waals surface area contributed by atoms with Crippen LogP contribution in [0.5, 0.6) is 0 Å². The number of urea groups is 1. The molecule has 3 amide bonds. The maximum absolute atomic E-state index is 14.0. The van der Waals surface area contributed by atoms with Crippen molar-refractivity contribution in [1.29, 1.82) is 0 Å². The highest BCUT2D eigenvalue weighted by Crippen LogP contribution is 2.47. The molecule has 0 aromatic heterocycles. The molecule has 5 rings (SSSR count). The van der Waals surface area contributed by atoms with E-state index in [1.54, 1.807) is 23.1 Å². The normalized spacial score (nSPS) is 22.5. The summed E-state index contributed by atoms with van der Waals surface area (Å²) in [6.07, 6.45) is 1.00. The van der Waals surface area contributed by atoms with Crippen LogP contribution >= 0.6 is 39.1 Å². The second kappa shape index (κ2) is 8.22. The Labute approximate surface area is 204 Å². The first kappa shape index (κ1) is 21.5. The van der Waals surface area contributed by atoms with Crippen LogP contribution < -0.4 is 4.90 Å². The molecular formula is C25H19BrCl2N2O2. The number of amides is 3. The van der Waals surface area contributed by atoms with Gasteiger partial charge in [0.05, 0.1) is 5.69 Å². The van der Waals surface area contributed by atoms with Crippen LogP contribution in [0.4, 0.5) is 10.5 Å². The van der Waals surface area contributed by atoms with Crippen LogP contribution in [0, 0.1) is 0 Å². The van der Waals surface area contributed by atoms with Crippen LogP contribution in [0.1, 0.15) is 23.5 Å². The summed E-state index contributed by atoms with van der Waals surface area (Å²) in [7, 11) is 0. The highest BCUT2D eigenvalue weighted by atomic mass is 79.9. The Morgan fingerprint density at radius 3 is 2.25 bits per heavy atom. The highest BCUT2D eigenvalue weighted by molar-refractivity contribution is 9.10. The molecule has 2 aliphatic rings. The third-order valence-electron chi connectivity index (χ3n) is 6.31. The average molecular weight is 530 g/mol. The number of carbonyl (C=O) groups is 2. The minimum Gasteiger partial charge on any atom is -0.308 e. The monoisotopic (exact) mass is 528 g/mol. The first-order valence-corrected chi connectivity index (χ1v) is 11.8. The molecule has 0 spiro atoms. The first-order chi connectivity index (χ1) is 15.4. The summed E-state index contributed by atoms with van der Waals surface area (Å²) in [6, 6.07) is 22.4. The quantitative estimate of drug-likeness (QED) is 0.353. The smallest absolute Gasteiger partial charge is 0.308 e. The molecule has 162 valence electrons. The lowest BCUT2D eigenvalue weighted by atomic mass is 9.83. The largest absolute Gasteiger partial charge is 0.332 e. The van der Waals surface area contributed by atoms with Gasteiger partial charge < -0.3 is 4.90 Å². The molecule has 7 heteroatoms. The van der Waals surface area contributed by atoms with E-state index in [1.165, 1.54) is 4.90 Å². The molecular weight excluding hydrogens is 511 g/mol. The fourth-order valence-corrected chi connectivity index (χ4v) is 5.66. The Kier molecular flexibility index (Phi) is 5.52. The Morgan fingerprint density at radius 2 is 1.59 bits per heavy atom. The van der Waals surface area contributed by atoms with Crippen molar-refractivity contribution >= 4 is 56.8 Å². The number of rotatable bonds is 4. The van der Waals surface area contributed by atoms with E-state index < -0.39 is 5.54 Å². The Hall–Kier alpha value is -2.34. The van der Waals surface area contributed by atoms with E-state index in [-0.39, 0.29) is 17.9 Å². The van der Waals surface area contributed by atoms with Crippen molar-refractivity contribution in [2.75, 3.05) is 11.4 Å². The van der Waals surface area contributed by atoms with Gasteiger partial charge in [0.2, 0.25) is 0 Å². The molecule has 0 N–H and O–H groups in total. The summed E-state index contributed by atoms with van der Waals surface area (Å²) in [5, 5.41) is 0.758. The lowest BCUT2D eigenvalue weighted by Crippen LogP contribution is -2.47. The predicted octanol–water partition coefficient (Wildman–Crippen LogP) is 6.69. The average Bonchev–Trinajstić information content (AvgIpc) is 3.24. The molecule has 2 fully saturated rings. The highest BCUT2D eigenvalue weighted by Gasteiger charge is 2.62. The predicted molar refractivity (Wildman–Crippen MR) is 130 cm³/mol. The third-order valence-corrected chi connectivity index (χ3v) is 7.28. The van der Waals surface area contributed by atoms with E-state index in [1.807, 2.05) is 42.5 Å². The summed E-state index contributed by atoms with van der Waals surface area (Å²) in [4.78, 5) is 30.5. The van der Waals surface area contributed by atoms with Crippen LogP contribution in [0.25, 0.3) is 0 Å². The lowest BCUT2D eigenvalue weighted by molar-refractivity contribution is -0.124. The molecule has 0 bridgehead atoms. The zero-order valence-corrected chi connectivity index (χ0v) is 20.1. The lowest BCUT2D eigenvalue weighted by Gasteiger charge is -2.28. The minimum absolute atomic E-state index is 0.0876. The Balaban J connectivity index is 1.57. The van der Waals surface area contributed by atoms with Gasteiger partial charge in [-0.05, 0) is 47.9 Å². The van der Waals surface area contributed by atoms with E-state index >= 15 is 0 Å². The van der Waals surface area contributed by atoms with E-state index in [9.17, 15) is 9.59 Å². The summed E-state index contributed by atoms with van der Waals surface area (Å²) in [5.74, 6) is -0.146. The van der Waals surface area contributed by atoms with E-state index in [0.717, 1.165) is 15.6 Å². The molecule has 2 heterocycles. The molecule has 3 aromatic rings. The molecule has 2 saturated heterocycles. The number of anilines is 1. The van der Waals surface area contributed by atoms with Crippen molar-refractivity contribution in [3.63, 3.8) is 0 Å². The fourth-order valence-electron chi connectivity index (χ4n) is 4.88. The van der Waals surface area contributed by atoms with Crippen molar-refractivity contribution in [1.82, 2.24) is 4.90 Å². The van der Waals surface area contributed by atoms with Gasteiger partial charge in [-0.15, -0.1) is 0 Å². The number of fused-ring (bicyclic) bond motifs is 1. The van der Waals surface area contributed by atoms with Crippen LogP contribution in [0.3, 0.4) is 0 Å². The third kappa shape index (κ3) is 3.62. The Morgan fingerprint density at radius 1 is 0.938 bits per heavy atom. The van der Waals surface area contributed by atoms with Crippen molar-refractivity contribution in [2.24, 2.45) is 0 Å². The summed E-state index contributed by atoms with van der Waals surface area (Å²) in [6.45, 7) is 0.482. The van der Waals surface area contributed by atoms with Crippen LogP contribution in [-0.2, 0) is 11.2 Å². The topological polar surface area (TPSA) is 40.6 Å². The maximum Gasteiger partial charge on any atom is 0.332 e. The van der Waals surface area contributed by atoms with Gasteiger partial charge in [0, 0.05) is 33.4 Å². The van der Waals surface area contributed by atoms with E-state index in [4.69, 9.17) is 23.2 Å². The molecule has 4 nitrogen and oxygen atoms in total. The number of halogens is 3. The van der Waals surface area contributed by atoms with Gasteiger partial charge in [-0.2, -0.15) is 0 Å². The van der Waals surface area contributed by atoms with E-state index in [2.05, 4.69) is 28.1 Å². The van der Waals surface area contributed by atoms with E-state index in [0.29, 0.717) is 35.1 Å². The molecule has 3 aromatic carbocycles. The summed E-state index contributed by atoms with van der Waals surface area (Å²) < 4.78 is 0.966. The second-order valence-electron chi connectivity index (χ2n) is 8.31. The van der Waals surface area contributed by atoms with Crippen LogP contribution in [0.2, 0.25) is 10.0 Å². The number of hydrogen-bond donors (Lipinski definition) is 0. The van der Waals surface area contributed by atoms with Gasteiger partial charge >= 0.3 is 6.03 Å². The molecule has 32 heavy (non-hydrogen) atoms. The van der Waals surface area contributed by atoms with Gasteiger partial charge in [0.25, 0.3) is 5.91 Å². The molecule has 1 unspecified atom stereocenters. The van der Waals surface area contributed by atoms with Crippen molar-refractivity contribution < 1.29 is 9.59 Å². The molecule has 0 radical (unpaired) electrons. The summed E-state index contributed by atoms with van der Waals surface area (Å²) >= 11 is 15.8. The van der Waals surface area contributed by atoms with Gasteiger partial charge in [-0.25, -0.2) is 9.69 Å². The van der Waals surface area contributed by atoms with Gasteiger partial charge in [0.15, 0.2) is 0 Å². The number of nitrogens with zero attached hydrogens (tertiary/aromatic N) is 2. The van der Waals surface area contributed by atoms with Crippen molar-refractivity contribution in [3.8, 4) is 0 Å². The second-order valence-corrected chi connectivity index (χ2v) is 10.1. The molecule has 0 saturated carbocycles. The fraction of sp³-hybridized carbons (Fsp3) is 0.200. The SMILES string of the molecule is O=C1N(c2cc(Cl)cc(Cl)c2)C(=O)C2(Cc3ccc(Br)cc3)C[C@H](c3ccccc3)CN12. The standard InChI is InChI=1S/C25H19BrCl2N2O2/c26-19-8-6-16(7-9-19)13-25-14-18(17-4-2-1-3-5-17)15-29(25)24(32)30(23(25)31)22-11-20(27)10-21(28)12-22/h1-12,18H,13-15H2/t18-,25?/m0/s1. The molecule has 2 aliphatic heterocycles. The zero-order chi connectivity index (χ0) is 22.5. The van der Waals surface area contributed by atoms with Crippen LogP contribution in [-0.4, -0.2) is 28.9 Å². The number of imide groups is 1. The molecule has 2 atom stereocenters. The van der Waals surface area contributed by atoms with Gasteiger partial charge in [-0.3, -0.25) is 4.79 Å². The minimum atomic E-state index is -0.958. The first-order valence-electron chi connectivity index (χ1n) is 10.3. The number of benzene rings is 3. The number of carbonyl (C=O) groups excluding carboxylic acids is 2. The van der Waals surface area contributed by atoms with Crippen LogP contribution in [0.15, 0.2) is 77.3 Å². The van der Waals surface area contributed by atoms with Crippen molar-refractivity contribution in [2.45, 2.75) is 24.3 Å². The van der Waals surface area contributed by atoms with Gasteiger partial charge in [0.1, 0.15) is 5.54 Å². The van der Waals surface area contributed by atoms with Crippen molar-refractivity contribution in [3.05, 3.63) is 98.4 Å². The number of hydrogen-bond acceptors (Lipinski definition) is 2. The van der Waals surface area contributed by atoms with Gasteiger partial charge in [-0.1, -0.05) is 81.6 Å². The Bertz CT molecular complexity index is 1180. The molecule has 0 aliphatic carbocycles. The zero-order valence-electron chi connectivity index (χ0n) is 17.0. The summed E-state index contributed by atoms with van der Waals surface area (Å²) in [5.41, 5.74) is 1.58.